The molecule has 3 aromatic rings. The molecular weight excluding hydrogens is 294 g/mol. The van der Waals surface area contributed by atoms with Crippen LogP contribution >= 0.6 is 0 Å². The predicted molar refractivity (Wildman–Crippen MR) is 88.7 cm³/mol. The van der Waals surface area contributed by atoms with Gasteiger partial charge in [0.1, 0.15) is 0 Å². The first-order valence-corrected chi connectivity index (χ1v) is 6.74. The van der Waals surface area contributed by atoms with Gasteiger partial charge in [-0.2, -0.15) is 0 Å². The molecule has 0 unspecified atom stereocenters. The van der Waals surface area contributed by atoms with E-state index in [9.17, 15) is 4.79 Å². The number of primary amides is 1. The molecule has 0 radical (unpaired) electrons. The van der Waals surface area contributed by atoms with Crippen LogP contribution < -0.4 is 11.1 Å². The molecule has 0 saturated heterocycles. The number of nitrogens with zero attached hydrogens (tertiary/aromatic N) is 1. The second-order valence-corrected chi connectivity index (χ2v) is 4.55. The van der Waals surface area contributed by atoms with Gasteiger partial charge >= 0.3 is 0 Å². The maximum absolute atomic E-state index is 11.2. The molecule has 0 aliphatic carbocycles. The summed E-state index contributed by atoms with van der Waals surface area (Å²) in [5.41, 5.74) is 8.45. The number of hydrogen-bond donors (Lipinski definition) is 3. The van der Waals surface area contributed by atoms with Crippen molar-refractivity contribution in [2.24, 2.45) is 5.73 Å². The summed E-state index contributed by atoms with van der Waals surface area (Å²) in [6.45, 7) is -0.250. The topological polar surface area (TPSA) is 105 Å². The highest BCUT2D eigenvalue weighted by Gasteiger charge is 2.04. The summed E-state index contributed by atoms with van der Waals surface area (Å²) in [6.07, 6.45) is 1.75. The number of nitrogens with one attached hydrogen (secondary N) is 1. The fourth-order valence-electron chi connectivity index (χ4n) is 2.11. The number of aromatic nitrogens is 1. The van der Waals surface area contributed by atoms with Gasteiger partial charge in [-0.3, -0.25) is 14.6 Å². The number of carbonyl (C=O) groups excluding carboxylic acids is 1. The molecule has 3 rings (SSSR count). The van der Waals surface area contributed by atoms with Gasteiger partial charge in [0, 0.05) is 28.5 Å². The zero-order chi connectivity index (χ0) is 16.7. The summed E-state index contributed by atoms with van der Waals surface area (Å²) in [4.78, 5) is 23.9. The van der Waals surface area contributed by atoms with Gasteiger partial charge in [0.05, 0.1) is 5.52 Å². The van der Waals surface area contributed by atoms with Gasteiger partial charge < -0.3 is 16.2 Å². The normalized spacial score (nSPS) is 9.57. The Morgan fingerprint density at radius 3 is 2.61 bits per heavy atom. The molecule has 0 saturated carbocycles. The van der Waals surface area contributed by atoms with Gasteiger partial charge in [-0.05, 0) is 30.3 Å². The summed E-state index contributed by atoms with van der Waals surface area (Å²) in [6, 6.07) is 16.9. The van der Waals surface area contributed by atoms with Crippen molar-refractivity contribution in [3.63, 3.8) is 0 Å². The molecule has 1 heterocycles. The highest BCUT2D eigenvalue weighted by Crippen LogP contribution is 2.25. The molecule has 2 aromatic carbocycles. The molecule has 0 fully saturated rings. The fraction of sp³-hybridized carbons (Fsp3) is 0. The van der Waals surface area contributed by atoms with E-state index in [0.717, 1.165) is 22.3 Å². The number of anilines is 2. The first-order valence-electron chi connectivity index (χ1n) is 6.74. The van der Waals surface area contributed by atoms with Crippen molar-refractivity contribution in [1.29, 1.82) is 0 Å². The zero-order valence-corrected chi connectivity index (χ0v) is 12.1. The van der Waals surface area contributed by atoms with Crippen molar-refractivity contribution in [2.75, 3.05) is 5.32 Å². The van der Waals surface area contributed by atoms with Gasteiger partial charge in [-0.15, -0.1) is 0 Å². The summed E-state index contributed by atoms with van der Waals surface area (Å²) >= 11 is 0. The van der Waals surface area contributed by atoms with Crippen LogP contribution in [0.15, 0.2) is 60.8 Å². The number of amides is 1. The quantitative estimate of drug-likeness (QED) is 0.645. The third kappa shape index (κ3) is 4.04. The number of carboxylic acid groups (broad SMARTS) is 1. The highest BCUT2D eigenvalue weighted by atomic mass is 16.3. The van der Waals surface area contributed by atoms with Gasteiger partial charge in [0.2, 0.25) is 5.91 Å². The minimum atomic E-state index is -0.437. The molecule has 0 spiro atoms. The Balaban J connectivity index is 0.000000595. The molecule has 0 atom stereocenters. The number of benzene rings is 2. The van der Waals surface area contributed by atoms with Crippen molar-refractivity contribution >= 4 is 34.7 Å². The van der Waals surface area contributed by atoms with Crippen LogP contribution in [0.5, 0.6) is 0 Å². The van der Waals surface area contributed by atoms with E-state index >= 15 is 0 Å². The average Bonchev–Trinajstić information content (AvgIpc) is 2.56. The van der Waals surface area contributed by atoms with Crippen LogP contribution in [0.25, 0.3) is 10.9 Å². The molecule has 0 aliphatic heterocycles. The molecule has 23 heavy (non-hydrogen) atoms. The van der Waals surface area contributed by atoms with E-state index in [1.165, 1.54) is 0 Å². The number of rotatable bonds is 3. The molecule has 1 aromatic heterocycles. The van der Waals surface area contributed by atoms with Crippen LogP contribution in [-0.2, 0) is 4.79 Å². The van der Waals surface area contributed by atoms with E-state index in [-0.39, 0.29) is 6.47 Å². The largest absolute Gasteiger partial charge is 0.483 e. The van der Waals surface area contributed by atoms with Gasteiger partial charge in [-0.25, -0.2) is 0 Å². The van der Waals surface area contributed by atoms with Crippen molar-refractivity contribution in [3.05, 3.63) is 66.4 Å². The van der Waals surface area contributed by atoms with Crippen LogP contribution in [0.2, 0.25) is 0 Å². The van der Waals surface area contributed by atoms with Crippen molar-refractivity contribution < 1.29 is 14.7 Å². The SMILES string of the molecule is NC(=O)c1cccc(Nc2ccnc3ccccc23)c1.O=CO. The first-order chi connectivity index (χ1) is 11.2. The van der Waals surface area contributed by atoms with Crippen LogP contribution in [0.4, 0.5) is 11.4 Å². The van der Waals surface area contributed by atoms with E-state index in [2.05, 4.69) is 10.3 Å². The maximum atomic E-state index is 11.2. The molecule has 116 valence electrons. The Morgan fingerprint density at radius 1 is 1.13 bits per heavy atom. The number of hydrogen-bond acceptors (Lipinski definition) is 4. The number of carbonyl (C=O) groups is 2. The molecule has 0 aliphatic rings. The van der Waals surface area contributed by atoms with Gasteiger partial charge in [0.15, 0.2) is 0 Å². The summed E-state index contributed by atoms with van der Waals surface area (Å²) < 4.78 is 0. The summed E-state index contributed by atoms with van der Waals surface area (Å²) in [5, 5.41) is 11.2. The third-order valence-corrected chi connectivity index (χ3v) is 3.08. The van der Waals surface area contributed by atoms with Gasteiger partial charge in [0.25, 0.3) is 6.47 Å². The Kier molecular flexibility index (Phi) is 5.25. The lowest BCUT2D eigenvalue weighted by atomic mass is 10.1. The molecule has 6 heteroatoms. The fourth-order valence-corrected chi connectivity index (χ4v) is 2.11. The van der Waals surface area contributed by atoms with E-state index in [1.54, 1.807) is 24.4 Å². The van der Waals surface area contributed by atoms with Crippen molar-refractivity contribution in [3.8, 4) is 0 Å². The molecule has 0 bridgehead atoms. The van der Waals surface area contributed by atoms with Crippen LogP contribution in [0.1, 0.15) is 10.4 Å². The van der Waals surface area contributed by atoms with Crippen molar-refractivity contribution in [2.45, 2.75) is 0 Å². The average molecular weight is 309 g/mol. The minimum absolute atomic E-state index is 0.250. The van der Waals surface area contributed by atoms with Crippen LogP contribution in [0.3, 0.4) is 0 Å². The Hall–Kier alpha value is -3.41. The van der Waals surface area contributed by atoms with E-state index in [0.29, 0.717) is 5.56 Å². The number of nitrogens with two attached hydrogens (primary N) is 1. The lowest BCUT2D eigenvalue weighted by Crippen LogP contribution is -2.10. The van der Waals surface area contributed by atoms with E-state index < -0.39 is 5.91 Å². The molecule has 6 nitrogen and oxygen atoms in total. The Labute approximate surface area is 132 Å². The lowest BCUT2D eigenvalue weighted by Gasteiger charge is -2.10. The Bertz CT molecular complexity index is 829. The van der Waals surface area contributed by atoms with E-state index in [1.807, 2.05) is 36.4 Å². The second-order valence-electron chi connectivity index (χ2n) is 4.55. The molecular formula is C17H15N3O3. The Morgan fingerprint density at radius 2 is 1.87 bits per heavy atom. The molecule has 4 N–H and O–H groups in total. The number of para-hydroxylation sites is 1. The standard InChI is InChI=1S/C16H13N3O.CH2O2/c17-16(20)11-4-3-5-12(10-11)19-15-8-9-18-14-7-2-1-6-13(14)15;2-1-3/h1-10H,(H2,17,20)(H,18,19);1H,(H,2,3). The first kappa shape index (κ1) is 16.0. The highest BCUT2D eigenvalue weighted by molar-refractivity contribution is 5.95. The summed E-state index contributed by atoms with van der Waals surface area (Å²) in [7, 11) is 0. The van der Waals surface area contributed by atoms with E-state index in [4.69, 9.17) is 15.6 Å². The second kappa shape index (κ2) is 7.56. The number of fused-ring (bicyclic) bond motifs is 1. The van der Waals surface area contributed by atoms with Crippen LogP contribution in [-0.4, -0.2) is 22.5 Å². The third-order valence-electron chi connectivity index (χ3n) is 3.08. The predicted octanol–water partition coefficient (Wildman–Crippen LogP) is 2.78. The lowest BCUT2D eigenvalue weighted by molar-refractivity contribution is -0.122. The summed E-state index contributed by atoms with van der Waals surface area (Å²) in [5.74, 6) is -0.437. The molecule has 1 amide bonds. The van der Waals surface area contributed by atoms with Gasteiger partial charge in [-0.1, -0.05) is 24.3 Å². The minimum Gasteiger partial charge on any atom is -0.483 e. The van der Waals surface area contributed by atoms with Crippen molar-refractivity contribution in [1.82, 2.24) is 4.98 Å². The monoisotopic (exact) mass is 309 g/mol. The number of pyridine rings is 1. The smallest absolute Gasteiger partial charge is 0.290 e. The maximum Gasteiger partial charge on any atom is 0.290 e. The van der Waals surface area contributed by atoms with Crippen LogP contribution in [0, 0.1) is 0 Å². The zero-order valence-electron chi connectivity index (χ0n) is 12.1.